The zero-order chi connectivity index (χ0) is 11.7. The molecule has 3 aromatic rings. The van der Waals surface area contributed by atoms with E-state index < -0.39 is 0 Å². The van der Waals surface area contributed by atoms with Crippen LogP contribution in [0.15, 0.2) is 48.1 Å². The van der Waals surface area contributed by atoms with Gasteiger partial charge in [0, 0.05) is 5.69 Å². The van der Waals surface area contributed by atoms with Crippen LogP contribution in [0.3, 0.4) is 0 Å². The Bertz CT molecular complexity index is 627. The third kappa shape index (κ3) is 1.70. The summed E-state index contributed by atoms with van der Waals surface area (Å²) in [5.41, 5.74) is 7.67. The average Bonchev–Trinajstić information content (AvgIpc) is 2.98. The fraction of sp³-hybridized carbons (Fsp3) is 0. The number of nitrogens with zero attached hydrogens (tertiary/aromatic N) is 3. The molecule has 2 aromatic heterocycles. The van der Waals surface area contributed by atoms with Gasteiger partial charge in [-0.15, -0.1) is 21.5 Å². The SMILES string of the molecule is Nc1ccsc1-c1nncn1-c1ccccc1. The van der Waals surface area contributed by atoms with Crippen LogP contribution in [0.4, 0.5) is 5.69 Å². The number of hydrogen-bond donors (Lipinski definition) is 1. The summed E-state index contributed by atoms with van der Waals surface area (Å²) in [6.45, 7) is 0. The molecule has 0 fully saturated rings. The molecule has 2 heterocycles. The van der Waals surface area contributed by atoms with Gasteiger partial charge in [-0.05, 0) is 23.6 Å². The molecule has 0 aliphatic rings. The molecule has 84 valence electrons. The summed E-state index contributed by atoms with van der Waals surface area (Å²) >= 11 is 1.57. The highest BCUT2D eigenvalue weighted by molar-refractivity contribution is 7.14. The number of rotatable bonds is 2. The predicted molar refractivity (Wildman–Crippen MR) is 69.1 cm³/mol. The molecule has 4 nitrogen and oxygen atoms in total. The van der Waals surface area contributed by atoms with Crippen LogP contribution in [0.5, 0.6) is 0 Å². The molecule has 17 heavy (non-hydrogen) atoms. The topological polar surface area (TPSA) is 56.7 Å². The Morgan fingerprint density at radius 2 is 1.94 bits per heavy atom. The number of para-hydroxylation sites is 1. The first-order chi connectivity index (χ1) is 8.36. The summed E-state index contributed by atoms with van der Waals surface area (Å²) in [4.78, 5) is 0.950. The van der Waals surface area contributed by atoms with Crippen LogP contribution < -0.4 is 5.73 Å². The summed E-state index contributed by atoms with van der Waals surface area (Å²) in [5.74, 6) is 0.781. The van der Waals surface area contributed by atoms with Crippen molar-refractivity contribution in [3.63, 3.8) is 0 Å². The summed E-state index contributed by atoms with van der Waals surface area (Å²) in [5, 5.41) is 10.1. The first kappa shape index (κ1) is 10.0. The van der Waals surface area contributed by atoms with Gasteiger partial charge in [0.05, 0.1) is 10.6 Å². The van der Waals surface area contributed by atoms with Crippen molar-refractivity contribution in [3.8, 4) is 16.4 Å². The van der Waals surface area contributed by atoms with Crippen molar-refractivity contribution >= 4 is 17.0 Å². The van der Waals surface area contributed by atoms with E-state index in [0.29, 0.717) is 0 Å². The van der Waals surface area contributed by atoms with E-state index in [0.717, 1.165) is 22.1 Å². The smallest absolute Gasteiger partial charge is 0.180 e. The van der Waals surface area contributed by atoms with E-state index in [4.69, 9.17) is 5.73 Å². The third-order valence-corrected chi connectivity index (χ3v) is 3.41. The minimum Gasteiger partial charge on any atom is -0.397 e. The highest BCUT2D eigenvalue weighted by atomic mass is 32.1. The van der Waals surface area contributed by atoms with Gasteiger partial charge in [-0.3, -0.25) is 4.57 Å². The molecule has 0 aliphatic carbocycles. The van der Waals surface area contributed by atoms with Gasteiger partial charge in [-0.25, -0.2) is 0 Å². The van der Waals surface area contributed by atoms with Gasteiger partial charge in [0.1, 0.15) is 6.33 Å². The summed E-state index contributed by atoms with van der Waals surface area (Å²) in [7, 11) is 0. The van der Waals surface area contributed by atoms with Crippen molar-refractivity contribution in [2.45, 2.75) is 0 Å². The van der Waals surface area contributed by atoms with E-state index in [1.54, 1.807) is 17.7 Å². The van der Waals surface area contributed by atoms with Crippen LogP contribution in [-0.2, 0) is 0 Å². The highest BCUT2D eigenvalue weighted by Gasteiger charge is 2.12. The maximum absolute atomic E-state index is 5.91. The van der Waals surface area contributed by atoms with Crippen molar-refractivity contribution in [3.05, 3.63) is 48.1 Å². The second-order valence-corrected chi connectivity index (χ2v) is 4.48. The summed E-state index contributed by atoms with van der Waals surface area (Å²) < 4.78 is 1.93. The van der Waals surface area contributed by atoms with Crippen LogP contribution in [-0.4, -0.2) is 14.8 Å². The predicted octanol–water partition coefficient (Wildman–Crippen LogP) is 2.58. The van der Waals surface area contributed by atoms with Crippen molar-refractivity contribution in [2.24, 2.45) is 0 Å². The Morgan fingerprint density at radius 1 is 1.12 bits per heavy atom. The number of nitrogen functional groups attached to an aromatic ring is 1. The number of thiophene rings is 1. The summed E-state index contributed by atoms with van der Waals surface area (Å²) in [6, 6.07) is 11.8. The molecule has 2 N–H and O–H groups in total. The van der Waals surface area contributed by atoms with Crippen molar-refractivity contribution in [1.82, 2.24) is 14.8 Å². The Morgan fingerprint density at radius 3 is 2.65 bits per heavy atom. The molecule has 0 spiro atoms. The van der Waals surface area contributed by atoms with Gasteiger partial charge in [0.2, 0.25) is 0 Å². The van der Waals surface area contributed by atoms with Crippen LogP contribution >= 0.6 is 11.3 Å². The lowest BCUT2D eigenvalue weighted by atomic mass is 10.3. The Labute approximate surface area is 102 Å². The quantitative estimate of drug-likeness (QED) is 0.751. The van der Waals surface area contributed by atoms with Crippen LogP contribution in [0.2, 0.25) is 0 Å². The van der Waals surface area contributed by atoms with Gasteiger partial charge < -0.3 is 5.73 Å². The Hall–Kier alpha value is -2.14. The molecule has 0 saturated carbocycles. The van der Waals surface area contributed by atoms with Crippen molar-refractivity contribution in [2.75, 3.05) is 5.73 Å². The van der Waals surface area contributed by atoms with Crippen molar-refractivity contribution < 1.29 is 0 Å². The lowest BCUT2D eigenvalue weighted by Crippen LogP contribution is -1.96. The monoisotopic (exact) mass is 242 g/mol. The highest BCUT2D eigenvalue weighted by Crippen LogP contribution is 2.30. The maximum atomic E-state index is 5.91. The van der Waals surface area contributed by atoms with Gasteiger partial charge in [0.25, 0.3) is 0 Å². The molecule has 0 amide bonds. The molecule has 0 saturated heterocycles. The number of aromatic nitrogens is 3. The minimum atomic E-state index is 0.736. The second kappa shape index (κ2) is 4.03. The number of anilines is 1. The average molecular weight is 242 g/mol. The zero-order valence-corrected chi connectivity index (χ0v) is 9.76. The van der Waals surface area contributed by atoms with E-state index in [1.807, 2.05) is 46.3 Å². The first-order valence-corrected chi connectivity index (χ1v) is 6.03. The lowest BCUT2D eigenvalue weighted by Gasteiger charge is -2.05. The number of benzene rings is 1. The molecule has 0 atom stereocenters. The molecular weight excluding hydrogens is 232 g/mol. The number of hydrogen-bond acceptors (Lipinski definition) is 4. The van der Waals surface area contributed by atoms with Gasteiger partial charge in [0.15, 0.2) is 5.82 Å². The fourth-order valence-electron chi connectivity index (χ4n) is 1.67. The minimum absolute atomic E-state index is 0.736. The molecule has 0 aliphatic heterocycles. The Balaban J connectivity index is 2.16. The molecule has 1 aromatic carbocycles. The van der Waals surface area contributed by atoms with E-state index in [1.165, 1.54) is 0 Å². The fourth-order valence-corrected chi connectivity index (χ4v) is 2.47. The second-order valence-electron chi connectivity index (χ2n) is 3.57. The number of nitrogens with two attached hydrogens (primary N) is 1. The maximum Gasteiger partial charge on any atom is 0.180 e. The molecular formula is C12H10N4S. The van der Waals surface area contributed by atoms with E-state index >= 15 is 0 Å². The van der Waals surface area contributed by atoms with Crippen LogP contribution in [0, 0.1) is 0 Å². The largest absolute Gasteiger partial charge is 0.397 e. The molecule has 3 rings (SSSR count). The molecule has 0 unspecified atom stereocenters. The Kier molecular flexibility index (Phi) is 2.38. The van der Waals surface area contributed by atoms with Gasteiger partial charge in [-0.2, -0.15) is 0 Å². The molecule has 0 radical (unpaired) electrons. The normalized spacial score (nSPS) is 10.6. The van der Waals surface area contributed by atoms with Gasteiger partial charge >= 0.3 is 0 Å². The lowest BCUT2D eigenvalue weighted by molar-refractivity contribution is 1.07. The van der Waals surface area contributed by atoms with E-state index in [9.17, 15) is 0 Å². The zero-order valence-electron chi connectivity index (χ0n) is 8.95. The third-order valence-electron chi connectivity index (χ3n) is 2.48. The molecule has 5 heteroatoms. The van der Waals surface area contributed by atoms with E-state index in [2.05, 4.69) is 10.2 Å². The van der Waals surface area contributed by atoms with Crippen LogP contribution in [0.25, 0.3) is 16.4 Å². The van der Waals surface area contributed by atoms with Crippen LogP contribution in [0.1, 0.15) is 0 Å². The first-order valence-electron chi connectivity index (χ1n) is 5.15. The van der Waals surface area contributed by atoms with Gasteiger partial charge in [-0.1, -0.05) is 18.2 Å². The standard InChI is InChI=1S/C12H10N4S/c13-10-6-7-17-11(10)12-15-14-8-16(12)9-4-2-1-3-5-9/h1-8H,13H2. The summed E-state index contributed by atoms with van der Waals surface area (Å²) in [6.07, 6.45) is 1.70. The van der Waals surface area contributed by atoms with Crippen molar-refractivity contribution in [1.29, 1.82) is 0 Å². The van der Waals surface area contributed by atoms with E-state index in [-0.39, 0.29) is 0 Å². The molecule has 0 bridgehead atoms.